The quantitative estimate of drug-likeness (QED) is 0.783. The van der Waals surface area contributed by atoms with Crippen LogP contribution in [-0.2, 0) is 14.8 Å². The third kappa shape index (κ3) is 5.32. The zero-order chi connectivity index (χ0) is 13.8. The fourth-order valence-electron chi connectivity index (χ4n) is 1.08. The van der Waals surface area contributed by atoms with E-state index in [4.69, 9.17) is 5.11 Å². The Kier molecular flexibility index (Phi) is 4.91. The molecule has 0 spiro atoms. The number of carbonyl (C=O) groups is 1. The highest BCUT2D eigenvalue weighted by atomic mass is 32.2. The third-order valence-electron chi connectivity index (χ3n) is 1.67. The van der Waals surface area contributed by atoms with Crippen LogP contribution in [0.5, 0.6) is 0 Å². The molecule has 1 aromatic rings. The highest BCUT2D eigenvalue weighted by Gasteiger charge is 2.15. The van der Waals surface area contributed by atoms with Gasteiger partial charge in [-0.1, -0.05) is 11.8 Å². The average Bonchev–Trinajstić information content (AvgIpc) is 2.17. The Balaban J connectivity index is 2.72. The fourth-order valence-corrected chi connectivity index (χ4v) is 2.47. The molecule has 0 unspecified atom stereocenters. The molecule has 2 N–H and O–H groups in total. The van der Waals surface area contributed by atoms with Gasteiger partial charge in [-0.3, -0.25) is 9.52 Å². The van der Waals surface area contributed by atoms with Crippen molar-refractivity contribution in [3.63, 3.8) is 0 Å². The van der Waals surface area contributed by atoms with Crippen LogP contribution in [0.1, 0.15) is 0 Å². The van der Waals surface area contributed by atoms with Gasteiger partial charge in [0, 0.05) is 10.6 Å². The third-order valence-corrected chi connectivity index (χ3v) is 3.56. The molecule has 0 saturated carbocycles. The molecule has 0 heterocycles. The standard InChI is InChI=1S/C9H9F2NO4S2/c10-9(11)17-7-3-1-6(2-4-7)12-18(15,16)5-8(13)14/h1-4,9,12H,5H2,(H,13,14). The molecule has 0 saturated heterocycles. The van der Waals surface area contributed by atoms with Crippen molar-refractivity contribution in [3.05, 3.63) is 24.3 Å². The van der Waals surface area contributed by atoms with E-state index in [-0.39, 0.29) is 10.6 Å². The van der Waals surface area contributed by atoms with Crippen LogP contribution in [0.15, 0.2) is 29.2 Å². The van der Waals surface area contributed by atoms with E-state index >= 15 is 0 Å². The Morgan fingerprint density at radius 3 is 2.33 bits per heavy atom. The fraction of sp³-hybridized carbons (Fsp3) is 0.222. The van der Waals surface area contributed by atoms with Crippen molar-refractivity contribution >= 4 is 33.4 Å². The first kappa shape index (κ1) is 14.7. The van der Waals surface area contributed by atoms with Gasteiger partial charge in [0.15, 0.2) is 5.75 Å². The van der Waals surface area contributed by atoms with Crippen molar-refractivity contribution in [2.45, 2.75) is 10.7 Å². The molecule has 5 nitrogen and oxygen atoms in total. The number of sulfonamides is 1. The van der Waals surface area contributed by atoms with Crippen molar-refractivity contribution < 1.29 is 27.1 Å². The zero-order valence-corrected chi connectivity index (χ0v) is 10.5. The van der Waals surface area contributed by atoms with Crippen LogP contribution in [0.3, 0.4) is 0 Å². The van der Waals surface area contributed by atoms with Crippen molar-refractivity contribution in [2.24, 2.45) is 0 Å². The lowest BCUT2D eigenvalue weighted by Gasteiger charge is -2.06. The van der Waals surface area contributed by atoms with Gasteiger partial charge in [-0.15, -0.1) is 0 Å². The molecule has 0 amide bonds. The van der Waals surface area contributed by atoms with Gasteiger partial charge in [0.05, 0.1) is 0 Å². The summed E-state index contributed by atoms with van der Waals surface area (Å²) in [5.41, 5.74) is 0.120. The molecule has 0 aliphatic carbocycles. The maximum atomic E-state index is 12.0. The van der Waals surface area contributed by atoms with Crippen molar-refractivity contribution in [1.29, 1.82) is 0 Å². The van der Waals surface area contributed by atoms with E-state index < -0.39 is 27.5 Å². The van der Waals surface area contributed by atoms with Gasteiger partial charge < -0.3 is 5.11 Å². The van der Waals surface area contributed by atoms with Crippen molar-refractivity contribution in [1.82, 2.24) is 0 Å². The van der Waals surface area contributed by atoms with Crippen LogP contribution in [0, 0.1) is 0 Å². The Morgan fingerprint density at radius 2 is 1.89 bits per heavy atom. The van der Waals surface area contributed by atoms with E-state index in [0.717, 1.165) is 0 Å². The highest BCUT2D eigenvalue weighted by Crippen LogP contribution is 2.26. The zero-order valence-electron chi connectivity index (χ0n) is 8.84. The summed E-state index contributed by atoms with van der Waals surface area (Å²) in [6.45, 7) is 0. The van der Waals surface area contributed by atoms with E-state index in [1.807, 2.05) is 4.72 Å². The van der Waals surface area contributed by atoms with Gasteiger partial charge in [0.2, 0.25) is 10.0 Å². The Bertz CT molecular complexity index is 516. The van der Waals surface area contributed by atoms with Crippen LogP contribution >= 0.6 is 11.8 Å². The molecular formula is C9H9F2NO4S2. The predicted molar refractivity (Wildman–Crippen MR) is 63.3 cm³/mol. The smallest absolute Gasteiger partial charge is 0.320 e. The van der Waals surface area contributed by atoms with Gasteiger partial charge in [0.1, 0.15) is 0 Å². The summed E-state index contributed by atoms with van der Waals surface area (Å²) in [4.78, 5) is 10.6. The molecule has 0 aliphatic rings. The molecule has 1 rings (SSSR count). The lowest BCUT2D eigenvalue weighted by molar-refractivity contribution is -0.134. The first-order chi connectivity index (χ1) is 8.28. The number of thioether (sulfide) groups is 1. The van der Waals surface area contributed by atoms with E-state index in [2.05, 4.69) is 0 Å². The number of benzene rings is 1. The molecule has 0 radical (unpaired) electrons. The van der Waals surface area contributed by atoms with Crippen molar-refractivity contribution in [3.8, 4) is 0 Å². The number of anilines is 1. The van der Waals surface area contributed by atoms with Crippen LogP contribution < -0.4 is 4.72 Å². The van der Waals surface area contributed by atoms with E-state index in [1.165, 1.54) is 24.3 Å². The topological polar surface area (TPSA) is 83.5 Å². The van der Waals surface area contributed by atoms with Crippen molar-refractivity contribution in [2.75, 3.05) is 10.5 Å². The Hall–Kier alpha value is -1.35. The number of aliphatic carboxylic acids is 1. The Labute approximate surface area is 106 Å². The number of hydrogen-bond acceptors (Lipinski definition) is 4. The Morgan fingerprint density at radius 1 is 1.33 bits per heavy atom. The van der Waals surface area contributed by atoms with Crippen LogP contribution in [0.25, 0.3) is 0 Å². The summed E-state index contributed by atoms with van der Waals surface area (Å²) in [5, 5.41) is 8.36. The second-order valence-electron chi connectivity index (χ2n) is 3.16. The lowest BCUT2D eigenvalue weighted by atomic mass is 10.3. The van der Waals surface area contributed by atoms with Gasteiger partial charge in [-0.2, -0.15) is 8.78 Å². The van der Waals surface area contributed by atoms with E-state index in [1.54, 1.807) is 0 Å². The minimum Gasteiger partial charge on any atom is -0.480 e. The van der Waals surface area contributed by atoms with Crippen LogP contribution in [-0.4, -0.2) is 31.0 Å². The van der Waals surface area contributed by atoms with Crippen LogP contribution in [0.2, 0.25) is 0 Å². The molecule has 0 fully saturated rings. The molecule has 9 heteroatoms. The number of alkyl halides is 2. The molecule has 100 valence electrons. The molecule has 0 aromatic heterocycles. The average molecular weight is 297 g/mol. The summed E-state index contributed by atoms with van der Waals surface area (Å²) in [6, 6.07) is 5.19. The molecule has 0 aliphatic heterocycles. The number of rotatable bonds is 6. The molecule has 0 atom stereocenters. The monoisotopic (exact) mass is 297 g/mol. The summed E-state index contributed by atoms with van der Waals surface area (Å²) in [7, 11) is -3.97. The number of carboxylic acid groups (broad SMARTS) is 1. The summed E-state index contributed by atoms with van der Waals surface area (Å²) in [5.74, 6) is -5.09. The molecule has 18 heavy (non-hydrogen) atoms. The van der Waals surface area contributed by atoms with Gasteiger partial charge in [-0.05, 0) is 24.3 Å². The van der Waals surface area contributed by atoms with Gasteiger partial charge >= 0.3 is 5.97 Å². The van der Waals surface area contributed by atoms with E-state index in [0.29, 0.717) is 11.8 Å². The molecular weight excluding hydrogens is 288 g/mol. The number of halogens is 2. The summed E-state index contributed by atoms with van der Waals surface area (Å²) >= 11 is 0.331. The molecule has 0 bridgehead atoms. The number of nitrogens with one attached hydrogen (secondary N) is 1. The normalized spacial score (nSPS) is 11.5. The van der Waals surface area contributed by atoms with Crippen LogP contribution in [0.4, 0.5) is 14.5 Å². The number of hydrogen-bond donors (Lipinski definition) is 2. The summed E-state index contributed by atoms with van der Waals surface area (Å²) in [6.07, 6.45) is 0. The first-order valence-corrected chi connectivity index (χ1v) is 7.09. The maximum absolute atomic E-state index is 12.0. The minimum absolute atomic E-state index is 0.120. The lowest BCUT2D eigenvalue weighted by Crippen LogP contribution is -2.22. The second kappa shape index (κ2) is 6.01. The van der Waals surface area contributed by atoms with E-state index in [9.17, 15) is 22.0 Å². The van der Waals surface area contributed by atoms with Gasteiger partial charge in [-0.25, -0.2) is 8.42 Å². The summed E-state index contributed by atoms with van der Waals surface area (Å²) < 4.78 is 48.6. The second-order valence-corrected chi connectivity index (χ2v) is 5.94. The molecule has 1 aromatic carbocycles. The highest BCUT2D eigenvalue weighted by molar-refractivity contribution is 7.99. The predicted octanol–water partition coefficient (Wildman–Crippen LogP) is 1.83. The first-order valence-electron chi connectivity index (χ1n) is 4.56. The maximum Gasteiger partial charge on any atom is 0.320 e. The largest absolute Gasteiger partial charge is 0.480 e. The SMILES string of the molecule is O=C(O)CS(=O)(=O)Nc1ccc(SC(F)F)cc1. The minimum atomic E-state index is -3.97. The number of carboxylic acids is 1. The van der Waals surface area contributed by atoms with Gasteiger partial charge in [0.25, 0.3) is 5.76 Å².